The number of fused-ring (bicyclic) bond motifs is 1. The molecule has 3 aromatic rings. The molecule has 124 valence electrons. The molecule has 2 aromatic heterocycles. The molecule has 3 heterocycles. The van der Waals surface area contributed by atoms with Crippen LogP contribution in [0.3, 0.4) is 0 Å². The Bertz CT molecular complexity index is 905. The van der Waals surface area contributed by atoms with Crippen molar-refractivity contribution in [2.24, 2.45) is 12.8 Å². The molecular formula is C17H19N5O2. The van der Waals surface area contributed by atoms with E-state index in [0.717, 1.165) is 40.8 Å². The van der Waals surface area contributed by atoms with E-state index < -0.39 is 5.91 Å². The minimum atomic E-state index is -0.450. The average molecular weight is 325 g/mol. The smallest absolute Gasteiger partial charge is 0.250 e. The van der Waals surface area contributed by atoms with Crippen LogP contribution < -0.4 is 11.1 Å². The monoisotopic (exact) mass is 325 g/mol. The minimum absolute atomic E-state index is 0.0410. The Kier molecular flexibility index (Phi) is 3.59. The molecule has 0 radical (unpaired) electrons. The first kappa shape index (κ1) is 14.9. The van der Waals surface area contributed by atoms with Gasteiger partial charge in [0.2, 0.25) is 0 Å². The summed E-state index contributed by atoms with van der Waals surface area (Å²) in [6.45, 7) is 2.27. The van der Waals surface area contributed by atoms with Crippen LogP contribution in [-0.4, -0.2) is 40.4 Å². The predicted molar refractivity (Wildman–Crippen MR) is 90.6 cm³/mol. The van der Waals surface area contributed by atoms with Crippen LogP contribution in [0, 0.1) is 0 Å². The van der Waals surface area contributed by atoms with Crippen LogP contribution in [0.15, 0.2) is 30.6 Å². The van der Waals surface area contributed by atoms with Gasteiger partial charge in [0.25, 0.3) is 5.91 Å². The van der Waals surface area contributed by atoms with Crippen molar-refractivity contribution in [2.75, 3.05) is 19.7 Å². The number of rotatable bonds is 3. The fraction of sp³-hybridized carbons (Fsp3) is 0.294. The highest BCUT2D eigenvalue weighted by molar-refractivity contribution is 6.07. The molecule has 7 nitrogen and oxygen atoms in total. The van der Waals surface area contributed by atoms with Crippen molar-refractivity contribution < 1.29 is 9.53 Å². The summed E-state index contributed by atoms with van der Waals surface area (Å²) in [7, 11) is 1.87. The van der Waals surface area contributed by atoms with Crippen LogP contribution in [0.4, 0.5) is 0 Å². The zero-order valence-electron chi connectivity index (χ0n) is 13.4. The van der Waals surface area contributed by atoms with E-state index in [4.69, 9.17) is 10.5 Å². The van der Waals surface area contributed by atoms with Gasteiger partial charge >= 0.3 is 0 Å². The molecule has 0 spiro atoms. The van der Waals surface area contributed by atoms with Crippen LogP contribution >= 0.6 is 0 Å². The molecule has 1 saturated heterocycles. The van der Waals surface area contributed by atoms with E-state index in [-0.39, 0.29) is 6.10 Å². The van der Waals surface area contributed by atoms with E-state index in [1.54, 1.807) is 16.9 Å². The molecule has 4 N–H and O–H groups in total. The lowest BCUT2D eigenvalue weighted by Gasteiger charge is -2.24. The molecule has 1 aromatic carbocycles. The quantitative estimate of drug-likeness (QED) is 0.676. The maximum atomic E-state index is 11.8. The highest BCUT2D eigenvalue weighted by Crippen LogP contribution is 2.33. The van der Waals surface area contributed by atoms with Gasteiger partial charge in [-0.3, -0.25) is 9.48 Å². The number of hydrogen-bond acceptors (Lipinski definition) is 4. The van der Waals surface area contributed by atoms with Crippen LogP contribution in [0.2, 0.25) is 0 Å². The van der Waals surface area contributed by atoms with Gasteiger partial charge in [-0.1, -0.05) is 6.07 Å². The van der Waals surface area contributed by atoms with Gasteiger partial charge in [-0.15, -0.1) is 0 Å². The van der Waals surface area contributed by atoms with Gasteiger partial charge in [0, 0.05) is 43.0 Å². The van der Waals surface area contributed by atoms with E-state index in [1.165, 1.54) is 0 Å². The molecule has 0 aliphatic carbocycles. The third-order valence-corrected chi connectivity index (χ3v) is 4.38. The third-order valence-electron chi connectivity index (χ3n) is 4.38. The van der Waals surface area contributed by atoms with Crippen LogP contribution in [0.25, 0.3) is 22.2 Å². The highest BCUT2D eigenvalue weighted by atomic mass is 16.5. The maximum Gasteiger partial charge on any atom is 0.250 e. The summed E-state index contributed by atoms with van der Waals surface area (Å²) < 4.78 is 7.62. The molecule has 0 unspecified atom stereocenters. The number of aryl methyl sites for hydroxylation is 1. The molecular weight excluding hydrogens is 306 g/mol. The van der Waals surface area contributed by atoms with Gasteiger partial charge in [0.05, 0.1) is 30.0 Å². The first-order valence-electron chi connectivity index (χ1n) is 7.90. The summed E-state index contributed by atoms with van der Waals surface area (Å²) in [5, 5.41) is 8.50. The standard InChI is InChI=1S/C17H19N5O2/c1-22-9-10(7-20-22)14-6-13-11(15-8-19-4-5-24-15)2-3-12(17(18)23)16(13)21-14/h2-3,6-7,9,15,19,21H,4-5,8H2,1H3,(H2,18,23)/t15-/m1/s1. The topological polar surface area (TPSA) is 98.0 Å². The summed E-state index contributed by atoms with van der Waals surface area (Å²) in [5.74, 6) is -0.450. The van der Waals surface area contributed by atoms with E-state index >= 15 is 0 Å². The minimum Gasteiger partial charge on any atom is -0.371 e. The number of nitrogens with two attached hydrogens (primary N) is 1. The number of carbonyl (C=O) groups excluding carboxylic acids is 1. The second kappa shape index (κ2) is 5.77. The molecule has 0 saturated carbocycles. The van der Waals surface area contributed by atoms with Crippen molar-refractivity contribution in [3.8, 4) is 11.3 Å². The van der Waals surface area contributed by atoms with Crippen molar-refractivity contribution in [1.29, 1.82) is 0 Å². The Morgan fingerprint density at radius 3 is 3.00 bits per heavy atom. The lowest BCUT2D eigenvalue weighted by Crippen LogP contribution is -2.33. The van der Waals surface area contributed by atoms with Gasteiger partial charge in [0.1, 0.15) is 0 Å². The molecule has 1 atom stereocenters. The summed E-state index contributed by atoms with van der Waals surface area (Å²) in [5.41, 5.74) is 9.67. The van der Waals surface area contributed by atoms with E-state index in [2.05, 4.69) is 15.4 Å². The fourth-order valence-corrected chi connectivity index (χ4v) is 3.21. The maximum absolute atomic E-state index is 11.8. The van der Waals surface area contributed by atoms with Crippen molar-refractivity contribution in [1.82, 2.24) is 20.1 Å². The molecule has 4 rings (SSSR count). The van der Waals surface area contributed by atoms with E-state index in [9.17, 15) is 4.79 Å². The number of benzene rings is 1. The first-order valence-corrected chi connectivity index (χ1v) is 7.90. The lowest BCUT2D eigenvalue weighted by molar-refractivity contribution is 0.0286. The molecule has 7 heteroatoms. The van der Waals surface area contributed by atoms with Crippen molar-refractivity contribution >= 4 is 16.8 Å². The number of nitrogens with one attached hydrogen (secondary N) is 2. The normalized spacial score (nSPS) is 18.1. The van der Waals surface area contributed by atoms with Gasteiger partial charge < -0.3 is 20.8 Å². The van der Waals surface area contributed by atoms with Crippen LogP contribution in [0.5, 0.6) is 0 Å². The fourth-order valence-electron chi connectivity index (χ4n) is 3.21. The second-order valence-electron chi connectivity index (χ2n) is 6.00. The van der Waals surface area contributed by atoms with Crippen molar-refractivity contribution in [2.45, 2.75) is 6.10 Å². The van der Waals surface area contributed by atoms with Gasteiger partial charge in [-0.2, -0.15) is 5.10 Å². The number of H-pyrrole nitrogens is 1. The number of aromatic nitrogens is 3. The van der Waals surface area contributed by atoms with Crippen molar-refractivity contribution in [3.05, 3.63) is 41.7 Å². The number of hydrogen-bond donors (Lipinski definition) is 3. The summed E-state index contributed by atoms with van der Waals surface area (Å²) >= 11 is 0. The van der Waals surface area contributed by atoms with E-state index in [1.807, 2.05) is 25.4 Å². The molecule has 1 amide bonds. The Hall–Kier alpha value is -2.64. The number of carbonyl (C=O) groups is 1. The third kappa shape index (κ3) is 2.47. The summed E-state index contributed by atoms with van der Waals surface area (Å²) in [6, 6.07) is 5.73. The molecule has 1 fully saturated rings. The molecule has 24 heavy (non-hydrogen) atoms. The highest BCUT2D eigenvalue weighted by Gasteiger charge is 2.22. The van der Waals surface area contributed by atoms with Crippen LogP contribution in [-0.2, 0) is 11.8 Å². The first-order chi connectivity index (χ1) is 11.6. The number of primary amides is 1. The molecule has 1 aliphatic heterocycles. The van der Waals surface area contributed by atoms with Gasteiger partial charge in [-0.25, -0.2) is 0 Å². The van der Waals surface area contributed by atoms with Crippen molar-refractivity contribution in [3.63, 3.8) is 0 Å². The molecule has 0 bridgehead atoms. The Morgan fingerprint density at radius 1 is 1.46 bits per heavy atom. The van der Waals surface area contributed by atoms with E-state index in [0.29, 0.717) is 12.2 Å². The zero-order chi connectivity index (χ0) is 16.7. The largest absolute Gasteiger partial charge is 0.371 e. The predicted octanol–water partition coefficient (Wildman–Crippen LogP) is 1.33. The number of amides is 1. The number of ether oxygens (including phenoxy) is 1. The Labute approximate surface area is 138 Å². The van der Waals surface area contributed by atoms with Gasteiger partial charge in [-0.05, 0) is 17.7 Å². The average Bonchev–Trinajstić information content (AvgIpc) is 3.20. The van der Waals surface area contributed by atoms with Crippen LogP contribution in [0.1, 0.15) is 22.0 Å². The summed E-state index contributed by atoms with van der Waals surface area (Å²) in [4.78, 5) is 15.1. The Morgan fingerprint density at radius 2 is 2.33 bits per heavy atom. The number of nitrogens with zero attached hydrogens (tertiary/aromatic N) is 2. The van der Waals surface area contributed by atoms with Gasteiger partial charge in [0.15, 0.2) is 0 Å². The lowest BCUT2D eigenvalue weighted by atomic mass is 10.00. The number of morpholine rings is 1. The Balaban J connectivity index is 1.89. The zero-order valence-corrected chi connectivity index (χ0v) is 13.4. The SMILES string of the molecule is Cn1cc(-c2cc3c([C@H]4CNCCO4)ccc(C(N)=O)c3[nH]2)cn1. The summed E-state index contributed by atoms with van der Waals surface area (Å²) in [6.07, 6.45) is 3.67. The number of aromatic amines is 1. The molecule has 1 aliphatic rings. The second-order valence-corrected chi connectivity index (χ2v) is 6.00.